The molecule has 0 amide bonds. The molecular weight excluding hydrogens is 448 g/mol. The predicted molar refractivity (Wildman–Crippen MR) is 119 cm³/mol. The van der Waals surface area contributed by atoms with Gasteiger partial charge in [-0.2, -0.15) is 0 Å². The molecule has 0 spiro atoms. The van der Waals surface area contributed by atoms with Gasteiger partial charge >= 0.3 is 0 Å². The van der Waals surface area contributed by atoms with Crippen molar-refractivity contribution in [3.05, 3.63) is 58.1 Å². The first kappa shape index (κ1) is 19.9. The number of fused-ring (bicyclic) bond motifs is 5. The molecule has 0 radical (unpaired) electrons. The molecule has 0 heterocycles. The first-order chi connectivity index (χ1) is 13.9. The van der Waals surface area contributed by atoms with Crippen LogP contribution < -0.4 is 0 Å². The van der Waals surface area contributed by atoms with Crippen LogP contribution >= 0.6 is 27.7 Å². The first-order valence-electron chi connectivity index (χ1n) is 10.5. The van der Waals surface area contributed by atoms with Crippen molar-refractivity contribution in [2.75, 3.05) is 0 Å². The number of hydrogen-bond donors (Lipinski definition) is 3. The average molecular weight is 475 g/mol. The molecule has 2 fully saturated rings. The van der Waals surface area contributed by atoms with E-state index in [4.69, 9.17) is 0 Å². The SMILES string of the molecule is CC12CCC3c4ccc(O)cc4C(O)C(Sc4ccc(Br)cc4)C3C1CCC2O. The molecular formula is C24H27BrO3S. The molecule has 0 aromatic heterocycles. The Hall–Kier alpha value is -1.01. The average Bonchev–Trinajstić information content (AvgIpc) is 3.01. The van der Waals surface area contributed by atoms with Crippen LogP contribution in [0.25, 0.3) is 0 Å². The highest BCUT2D eigenvalue weighted by atomic mass is 79.9. The van der Waals surface area contributed by atoms with Gasteiger partial charge in [-0.1, -0.05) is 28.9 Å². The molecule has 2 aromatic rings. The maximum Gasteiger partial charge on any atom is 0.115 e. The maximum absolute atomic E-state index is 11.5. The molecule has 7 atom stereocenters. The fraction of sp³-hybridized carbons (Fsp3) is 0.500. The van der Waals surface area contributed by atoms with Gasteiger partial charge in [0.05, 0.1) is 12.2 Å². The van der Waals surface area contributed by atoms with Gasteiger partial charge in [-0.15, -0.1) is 11.8 Å². The topological polar surface area (TPSA) is 60.7 Å². The van der Waals surface area contributed by atoms with E-state index < -0.39 is 6.10 Å². The summed E-state index contributed by atoms with van der Waals surface area (Å²) in [6, 6.07) is 13.8. The Morgan fingerprint density at radius 1 is 1.00 bits per heavy atom. The summed E-state index contributed by atoms with van der Waals surface area (Å²) in [4.78, 5) is 1.14. The number of phenolic OH excluding ortho intramolecular Hbond substituents is 1. The van der Waals surface area contributed by atoms with E-state index in [1.54, 1.807) is 23.9 Å². The third-order valence-corrected chi connectivity index (χ3v) is 9.76. The fourth-order valence-electron chi connectivity index (χ4n) is 6.34. The Bertz CT molecular complexity index is 917. The van der Waals surface area contributed by atoms with Crippen LogP contribution in [-0.2, 0) is 0 Å². The zero-order chi connectivity index (χ0) is 20.3. The largest absolute Gasteiger partial charge is 0.508 e. The summed E-state index contributed by atoms with van der Waals surface area (Å²) in [7, 11) is 0. The van der Waals surface area contributed by atoms with E-state index in [0.29, 0.717) is 17.8 Å². The van der Waals surface area contributed by atoms with Crippen molar-refractivity contribution >= 4 is 27.7 Å². The summed E-state index contributed by atoms with van der Waals surface area (Å²) < 4.78 is 1.04. The van der Waals surface area contributed by atoms with Crippen LogP contribution in [0.15, 0.2) is 51.8 Å². The molecule has 0 bridgehead atoms. The molecule has 3 N–H and O–H groups in total. The minimum Gasteiger partial charge on any atom is -0.508 e. The second-order valence-electron chi connectivity index (χ2n) is 9.22. The summed E-state index contributed by atoms with van der Waals surface area (Å²) in [5, 5.41) is 32.3. The van der Waals surface area contributed by atoms with Crippen molar-refractivity contribution in [3.8, 4) is 5.75 Å². The first-order valence-corrected chi connectivity index (χ1v) is 12.2. The number of thioether (sulfide) groups is 1. The van der Waals surface area contributed by atoms with E-state index in [9.17, 15) is 15.3 Å². The molecule has 3 aliphatic rings. The van der Waals surface area contributed by atoms with Gasteiger partial charge in [0.15, 0.2) is 0 Å². The summed E-state index contributed by atoms with van der Waals surface area (Å²) >= 11 is 5.25. The van der Waals surface area contributed by atoms with E-state index in [2.05, 4.69) is 35.0 Å². The molecule has 2 aromatic carbocycles. The number of rotatable bonds is 2. The Kier molecular flexibility index (Phi) is 5.01. The Morgan fingerprint density at radius 3 is 2.52 bits per heavy atom. The summed E-state index contributed by atoms with van der Waals surface area (Å²) in [5.74, 6) is 1.29. The lowest BCUT2D eigenvalue weighted by Gasteiger charge is -2.54. The second-order valence-corrected chi connectivity index (χ2v) is 11.4. The van der Waals surface area contributed by atoms with Gasteiger partial charge < -0.3 is 15.3 Å². The zero-order valence-corrected chi connectivity index (χ0v) is 18.9. The number of aliphatic hydroxyl groups is 2. The minimum atomic E-state index is -0.632. The van der Waals surface area contributed by atoms with Gasteiger partial charge in [-0.3, -0.25) is 0 Å². The van der Waals surface area contributed by atoms with E-state index in [1.807, 2.05) is 18.2 Å². The number of phenols is 1. The Labute approximate surface area is 184 Å². The highest BCUT2D eigenvalue weighted by Crippen LogP contribution is 2.64. The highest BCUT2D eigenvalue weighted by molar-refractivity contribution is 9.10. The second kappa shape index (κ2) is 7.30. The standard InChI is InChI=1S/C24H27BrO3S/c1-24-11-10-17-16-7-4-14(26)12-18(16)22(28)23(21(17)19(24)8-9-20(24)27)29-15-5-2-13(25)3-6-15/h2-7,12,17,19-23,26-28H,8-11H2,1H3. The number of hydrogen-bond acceptors (Lipinski definition) is 4. The third kappa shape index (κ3) is 3.16. The van der Waals surface area contributed by atoms with E-state index in [1.165, 1.54) is 5.56 Å². The van der Waals surface area contributed by atoms with Gasteiger partial charge in [-0.05, 0) is 96.4 Å². The van der Waals surface area contributed by atoms with Crippen molar-refractivity contribution in [3.63, 3.8) is 0 Å². The molecule has 0 saturated heterocycles. The molecule has 0 aliphatic heterocycles. The van der Waals surface area contributed by atoms with Gasteiger partial charge in [0.25, 0.3) is 0 Å². The van der Waals surface area contributed by atoms with Crippen molar-refractivity contribution < 1.29 is 15.3 Å². The van der Waals surface area contributed by atoms with Crippen molar-refractivity contribution in [2.45, 2.75) is 60.9 Å². The Balaban J connectivity index is 1.59. The fourth-order valence-corrected chi connectivity index (χ4v) is 8.03. The number of benzene rings is 2. The lowest BCUT2D eigenvalue weighted by Crippen LogP contribution is -2.49. The van der Waals surface area contributed by atoms with Gasteiger partial charge in [0.2, 0.25) is 0 Å². The molecule has 29 heavy (non-hydrogen) atoms. The molecule has 5 rings (SSSR count). The minimum absolute atomic E-state index is 0.00500. The lowest BCUT2D eigenvalue weighted by molar-refractivity contribution is -0.0341. The monoisotopic (exact) mass is 474 g/mol. The molecule has 154 valence electrons. The normalized spacial score (nSPS) is 38.2. The van der Waals surface area contributed by atoms with Crippen LogP contribution in [0.4, 0.5) is 0 Å². The number of aliphatic hydroxyl groups excluding tert-OH is 2. The quantitative estimate of drug-likeness (QED) is 0.527. The molecule has 3 aliphatic carbocycles. The van der Waals surface area contributed by atoms with E-state index in [0.717, 1.165) is 40.6 Å². The van der Waals surface area contributed by atoms with Crippen LogP contribution in [0.3, 0.4) is 0 Å². The smallest absolute Gasteiger partial charge is 0.115 e. The summed E-state index contributed by atoms with van der Waals surface area (Å²) in [5.41, 5.74) is 2.01. The lowest BCUT2D eigenvalue weighted by atomic mass is 9.55. The summed E-state index contributed by atoms with van der Waals surface area (Å²) in [6.07, 6.45) is 3.05. The van der Waals surface area contributed by atoms with Crippen LogP contribution in [0.2, 0.25) is 0 Å². The van der Waals surface area contributed by atoms with Crippen molar-refractivity contribution in [1.29, 1.82) is 0 Å². The molecule has 7 unspecified atom stereocenters. The van der Waals surface area contributed by atoms with Crippen LogP contribution in [0, 0.1) is 17.3 Å². The van der Waals surface area contributed by atoms with E-state index >= 15 is 0 Å². The van der Waals surface area contributed by atoms with Crippen molar-refractivity contribution in [1.82, 2.24) is 0 Å². The third-order valence-electron chi connectivity index (χ3n) is 7.85. The van der Waals surface area contributed by atoms with Gasteiger partial charge in [0.1, 0.15) is 5.75 Å². The Morgan fingerprint density at radius 2 is 1.76 bits per heavy atom. The molecule has 2 saturated carbocycles. The molecule has 3 nitrogen and oxygen atoms in total. The van der Waals surface area contributed by atoms with Gasteiger partial charge in [0, 0.05) is 14.6 Å². The van der Waals surface area contributed by atoms with E-state index in [-0.39, 0.29) is 22.5 Å². The maximum atomic E-state index is 11.5. The number of aromatic hydroxyl groups is 1. The van der Waals surface area contributed by atoms with Crippen LogP contribution in [0.5, 0.6) is 5.75 Å². The van der Waals surface area contributed by atoms with Gasteiger partial charge in [-0.25, -0.2) is 0 Å². The highest BCUT2D eigenvalue weighted by Gasteiger charge is 2.58. The predicted octanol–water partition coefficient (Wildman–Crippen LogP) is 5.63. The number of halogens is 1. The summed E-state index contributed by atoms with van der Waals surface area (Å²) in [6.45, 7) is 2.26. The van der Waals surface area contributed by atoms with Crippen LogP contribution in [0.1, 0.15) is 55.8 Å². The zero-order valence-electron chi connectivity index (χ0n) is 16.5. The van der Waals surface area contributed by atoms with Crippen LogP contribution in [-0.4, -0.2) is 26.7 Å². The van der Waals surface area contributed by atoms with Crippen molar-refractivity contribution in [2.24, 2.45) is 17.3 Å². The molecule has 5 heteroatoms.